The number of anilines is 1. The van der Waals surface area contributed by atoms with Crippen molar-refractivity contribution in [3.05, 3.63) is 76.9 Å². The molecule has 0 aliphatic rings. The van der Waals surface area contributed by atoms with E-state index in [1.807, 2.05) is 0 Å². The molecule has 11 nitrogen and oxygen atoms in total. The van der Waals surface area contributed by atoms with Crippen molar-refractivity contribution >= 4 is 17.9 Å². The maximum Gasteiger partial charge on any atom is 0.292 e. The zero-order valence-corrected chi connectivity index (χ0v) is 16.8. The summed E-state index contributed by atoms with van der Waals surface area (Å²) in [7, 11) is 0. The Morgan fingerprint density at radius 1 is 1.28 bits per heavy atom. The van der Waals surface area contributed by atoms with Crippen molar-refractivity contribution < 1.29 is 18.6 Å². The number of nitrogens with one attached hydrogen (secondary N) is 1. The molecule has 162 valence electrons. The van der Waals surface area contributed by atoms with Gasteiger partial charge in [-0.3, -0.25) is 4.79 Å². The molecule has 2 aromatic heterocycles. The van der Waals surface area contributed by atoms with Gasteiger partial charge in [0.2, 0.25) is 11.6 Å². The number of halogens is 1. The molecule has 4 aromatic rings. The predicted octanol–water partition coefficient (Wildman–Crippen LogP) is 2.02. The molecule has 0 radical (unpaired) electrons. The Morgan fingerprint density at radius 2 is 2.09 bits per heavy atom. The van der Waals surface area contributed by atoms with Crippen LogP contribution in [0.4, 0.5) is 10.2 Å². The van der Waals surface area contributed by atoms with Gasteiger partial charge < -0.3 is 10.5 Å². The number of amides is 1. The Morgan fingerprint density at radius 3 is 2.84 bits per heavy atom. The molecule has 32 heavy (non-hydrogen) atoms. The third-order valence-electron chi connectivity index (χ3n) is 4.31. The van der Waals surface area contributed by atoms with Crippen LogP contribution in [0.2, 0.25) is 0 Å². The van der Waals surface area contributed by atoms with E-state index in [0.29, 0.717) is 17.0 Å². The number of nitrogen functional groups attached to an aromatic ring is 1. The summed E-state index contributed by atoms with van der Waals surface area (Å²) < 4.78 is 24.4. The second kappa shape index (κ2) is 9.04. The summed E-state index contributed by atoms with van der Waals surface area (Å²) in [6, 6.07) is 13.2. The number of carbonyl (C=O) groups is 1. The lowest BCUT2D eigenvalue weighted by Crippen LogP contribution is -2.22. The van der Waals surface area contributed by atoms with Crippen LogP contribution in [0.15, 0.2) is 58.3 Å². The van der Waals surface area contributed by atoms with E-state index in [-0.39, 0.29) is 29.8 Å². The first-order valence-corrected chi connectivity index (χ1v) is 9.32. The second-order valence-electron chi connectivity index (χ2n) is 6.60. The molecular weight excluding hydrogens is 419 g/mol. The van der Waals surface area contributed by atoms with Crippen LogP contribution >= 0.6 is 0 Å². The lowest BCUT2D eigenvalue weighted by Gasteiger charge is -2.07. The molecule has 0 aliphatic heterocycles. The third-order valence-corrected chi connectivity index (χ3v) is 4.31. The summed E-state index contributed by atoms with van der Waals surface area (Å²) in [5.74, 6) is -0.272. The smallest absolute Gasteiger partial charge is 0.292 e. The topological polar surface area (TPSA) is 146 Å². The number of aryl methyl sites for hydroxylation is 1. The summed E-state index contributed by atoms with van der Waals surface area (Å²) >= 11 is 0. The van der Waals surface area contributed by atoms with Crippen molar-refractivity contribution in [2.45, 2.75) is 13.5 Å². The van der Waals surface area contributed by atoms with E-state index >= 15 is 0 Å². The first-order valence-electron chi connectivity index (χ1n) is 9.32. The summed E-state index contributed by atoms with van der Waals surface area (Å²) in [6.07, 6.45) is 1.46. The minimum Gasteiger partial charge on any atom is -0.489 e. The van der Waals surface area contributed by atoms with Crippen molar-refractivity contribution in [3.63, 3.8) is 0 Å². The molecule has 0 bridgehead atoms. The molecule has 2 aromatic carbocycles. The van der Waals surface area contributed by atoms with Crippen molar-refractivity contribution in [1.82, 2.24) is 30.7 Å². The van der Waals surface area contributed by atoms with Gasteiger partial charge in [0.15, 0.2) is 5.69 Å². The van der Waals surface area contributed by atoms with Gasteiger partial charge in [-0.05, 0) is 52.6 Å². The molecule has 4 rings (SSSR count). The number of hydrogen-bond acceptors (Lipinski definition) is 9. The minimum atomic E-state index is -0.574. The first kappa shape index (κ1) is 20.7. The maximum absolute atomic E-state index is 13.0. The number of aromatic nitrogens is 5. The van der Waals surface area contributed by atoms with Gasteiger partial charge in [0.1, 0.15) is 18.2 Å². The highest BCUT2D eigenvalue weighted by atomic mass is 19.1. The minimum absolute atomic E-state index is 0.0371. The summed E-state index contributed by atoms with van der Waals surface area (Å²) in [6.45, 7) is 1.89. The van der Waals surface area contributed by atoms with Gasteiger partial charge in [-0.15, -0.1) is 5.10 Å². The number of hydrazone groups is 1. The number of ether oxygens (including phenoxy) is 1. The lowest BCUT2D eigenvalue weighted by molar-refractivity contribution is 0.0946. The molecule has 3 N–H and O–H groups in total. The number of carbonyl (C=O) groups excluding carboxylic acids is 1. The van der Waals surface area contributed by atoms with Crippen LogP contribution in [0, 0.1) is 12.7 Å². The predicted molar refractivity (Wildman–Crippen MR) is 111 cm³/mol. The second-order valence-corrected chi connectivity index (χ2v) is 6.60. The van der Waals surface area contributed by atoms with Gasteiger partial charge in [0.25, 0.3) is 5.91 Å². The number of nitrogens with zero attached hydrogens (tertiary/aromatic N) is 6. The molecule has 1 amide bonds. The number of nitrogens with two attached hydrogens (primary N) is 1. The van der Waals surface area contributed by atoms with Crippen LogP contribution in [-0.4, -0.2) is 37.4 Å². The molecule has 0 unspecified atom stereocenters. The van der Waals surface area contributed by atoms with Gasteiger partial charge in [-0.2, -0.15) is 9.78 Å². The molecule has 12 heteroatoms. The lowest BCUT2D eigenvalue weighted by atomic mass is 10.2. The highest BCUT2D eigenvalue weighted by Crippen LogP contribution is 2.16. The van der Waals surface area contributed by atoms with Gasteiger partial charge in [0, 0.05) is 0 Å². The van der Waals surface area contributed by atoms with Crippen molar-refractivity contribution in [2.24, 2.45) is 5.10 Å². The SMILES string of the molecule is Cc1nnn(-c2nonc2N)c1C(=O)N/N=C/c1cccc(OCc2ccc(F)cc2)c1. The van der Waals surface area contributed by atoms with Gasteiger partial charge in [-0.25, -0.2) is 14.4 Å². The number of hydrogen-bond donors (Lipinski definition) is 2. The average molecular weight is 436 g/mol. The van der Waals surface area contributed by atoms with Crippen LogP contribution in [0.3, 0.4) is 0 Å². The van der Waals surface area contributed by atoms with Gasteiger partial charge in [0.05, 0.1) is 11.9 Å². The van der Waals surface area contributed by atoms with E-state index in [4.69, 9.17) is 10.5 Å². The standard InChI is InChI=1S/C20H17FN8O3/c1-12-17(29(28-24-12)19-18(22)26-32-27-19)20(30)25-23-10-14-3-2-4-16(9-14)31-11-13-5-7-15(21)8-6-13/h2-10H,11H2,1H3,(H2,22,26)(H,25,30)/b23-10+. The van der Waals surface area contributed by atoms with Gasteiger partial charge >= 0.3 is 0 Å². The quantitative estimate of drug-likeness (QED) is 0.330. The summed E-state index contributed by atoms with van der Waals surface area (Å²) in [5, 5.41) is 18.8. The Bertz CT molecular complexity index is 1270. The third kappa shape index (κ3) is 4.59. The Kier molecular flexibility index (Phi) is 5.83. The molecule has 0 fully saturated rings. The Labute approximate surface area is 180 Å². The molecule has 2 heterocycles. The monoisotopic (exact) mass is 436 g/mol. The first-order chi connectivity index (χ1) is 15.5. The fourth-order valence-electron chi connectivity index (χ4n) is 2.75. The van der Waals surface area contributed by atoms with Crippen LogP contribution in [0.25, 0.3) is 5.82 Å². The summed E-state index contributed by atoms with van der Waals surface area (Å²) in [4.78, 5) is 12.6. The average Bonchev–Trinajstić information content (AvgIpc) is 3.38. The van der Waals surface area contributed by atoms with E-state index in [9.17, 15) is 9.18 Å². The van der Waals surface area contributed by atoms with E-state index in [1.165, 1.54) is 18.3 Å². The zero-order chi connectivity index (χ0) is 22.5. The highest BCUT2D eigenvalue weighted by Gasteiger charge is 2.22. The van der Waals surface area contributed by atoms with Gasteiger partial charge in [-0.1, -0.05) is 29.5 Å². The van der Waals surface area contributed by atoms with Crippen molar-refractivity contribution in [2.75, 3.05) is 5.73 Å². The molecule has 0 saturated heterocycles. The fourth-order valence-corrected chi connectivity index (χ4v) is 2.75. The zero-order valence-electron chi connectivity index (χ0n) is 16.8. The van der Waals surface area contributed by atoms with E-state index in [1.54, 1.807) is 43.3 Å². The largest absolute Gasteiger partial charge is 0.489 e. The van der Waals surface area contributed by atoms with Crippen molar-refractivity contribution in [3.8, 4) is 11.6 Å². The highest BCUT2D eigenvalue weighted by molar-refractivity contribution is 5.94. The molecule has 0 saturated carbocycles. The van der Waals surface area contributed by atoms with Crippen LogP contribution in [0.5, 0.6) is 5.75 Å². The van der Waals surface area contributed by atoms with E-state index in [0.717, 1.165) is 10.2 Å². The summed E-state index contributed by atoms with van der Waals surface area (Å²) in [5.41, 5.74) is 10.0. The number of benzene rings is 2. The Hall–Kier alpha value is -4.61. The fraction of sp³-hybridized carbons (Fsp3) is 0.100. The normalized spacial score (nSPS) is 11.1. The molecule has 0 aliphatic carbocycles. The van der Waals surface area contributed by atoms with Crippen LogP contribution in [-0.2, 0) is 6.61 Å². The van der Waals surface area contributed by atoms with E-state index in [2.05, 4.69) is 35.8 Å². The molecular formula is C20H17FN8O3. The van der Waals surface area contributed by atoms with Crippen LogP contribution in [0.1, 0.15) is 27.3 Å². The number of rotatable bonds is 7. The van der Waals surface area contributed by atoms with E-state index < -0.39 is 5.91 Å². The maximum atomic E-state index is 13.0. The molecule has 0 spiro atoms. The molecule has 0 atom stereocenters. The Balaban J connectivity index is 1.41. The van der Waals surface area contributed by atoms with Crippen molar-refractivity contribution in [1.29, 1.82) is 0 Å². The van der Waals surface area contributed by atoms with Crippen LogP contribution < -0.4 is 15.9 Å².